The standard InChI is InChI=1S/C22H17BrClN3O2/c1-14(26-27-22(29)19-7-2-3-8-20(19)23)16-5-4-6-18(13-16)25-21(28)15-9-11-17(24)12-10-15/h2-13H,1H3,(H,25,28)(H,27,29)/b26-14-. The molecule has 2 amide bonds. The molecule has 2 N–H and O–H groups in total. The van der Waals surface area contributed by atoms with Crippen LogP contribution in [0.4, 0.5) is 5.69 Å². The number of rotatable bonds is 5. The lowest BCUT2D eigenvalue weighted by Crippen LogP contribution is -2.19. The van der Waals surface area contributed by atoms with Crippen LogP contribution in [0.15, 0.2) is 82.4 Å². The largest absolute Gasteiger partial charge is 0.322 e. The molecule has 0 spiro atoms. The first kappa shape index (κ1) is 20.8. The second-order valence-electron chi connectivity index (χ2n) is 6.16. The van der Waals surface area contributed by atoms with Crippen molar-refractivity contribution in [3.8, 4) is 0 Å². The van der Waals surface area contributed by atoms with E-state index in [1.165, 1.54) is 0 Å². The second kappa shape index (κ2) is 9.49. The van der Waals surface area contributed by atoms with Crippen molar-refractivity contribution in [1.82, 2.24) is 5.43 Å². The Hall–Kier alpha value is -2.96. The molecule has 0 atom stereocenters. The average Bonchev–Trinajstić information content (AvgIpc) is 2.72. The van der Waals surface area contributed by atoms with Crippen molar-refractivity contribution in [2.24, 2.45) is 5.10 Å². The minimum Gasteiger partial charge on any atom is -0.322 e. The number of carbonyl (C=O) groups excluding carboxylic acids is 2. The molecule has 0 heterocycles. The quantitative estimate of drug-likeness (QED) is 0.381. The monoisotopic (exact) mass is 469 g/mol. The first-order valence-corrected chi connectivity index (χ1v) is 9.87. The molecule has 3 rings (SSSR count). The summed E-state index contributed by atoms with van der Waals surface area (Å²) in [7, 11) is 0. The molecule has 7 heteroatoms. The molecular formula is C22H17BrClN3O2. The third-order valence-electron chi connectivity index (χ3n) is 4.09. The minimum absolute atomic E-state index is 0.240. The Kier molecular flexibility index (Phi) is 6.80. The van der Waals surface area contributed by atoms with E-state index in [-0.39, 0.29) is 11.8 Å². The number of hydrazone groups is 1. The van der Waals surface area contributed by atoms with E-state index < -0.39 is 0 Å². The third-order valence-corrected chi connectivity index (χ3v) is 5.03. The molecule has 3 aromatic carbocycles. The average molecular weight is 471 g/mol. The van der Waals surface area contributed by atoms with E-state index in [4.69, 9.17) is 11.6 Å². The molecule has 0 aliphatic rings. The molecule has 0 saturated heterocycles. The van der Waals surface area contributed by atoms with Crippen LogP contribution < -0.4 is 10.7 Å². The van der Waals surface area contributed by atoms with Gasteiger partial charge in [-0.1, -0.05) is 35.9 Å². The molecule has 3 aromatic rings. The number of nitrogens with zero attached hydrogens (tertiary/aromatic N) is 1. The molecule has 0 aliphatic carbocycles. The van der Waals surface area contributed by atoms with Crippen molar-refractivity contribution < 1.29 is 9.59 Å². The van der Waals surface area contributed by atoms with Gasteiger partial charge in [-0.15, -0.1) is 0 Å². The molecular weight excluding hydrogens is 454 g/mol. The van der Waals surface area contributed by atoms with Gasteiger partial charge in [0.25, 0.3) is 11.8 Å². The van der Waals surface area contributed by atoms with Crippen molar-refractivity contribution >= 4 is 50.7 Å². The van der Waals surface area contributed by atoms with Crippen molar-refractivity contribution in [2.75, 3.05) is 5.32 Å². The summed E-state index contributed by atoms with van der Waals surface area (Å²) in [6.45, 7) is 1.78. The van der Waals surface area contributed by atoms with Crippen LogP contribution in [0, 0.1) is 0 Å². The number of anilines is 1. The summed E-state index contributed by atoms with van der Waals surface area (Å²) < 4.78 is 0.692. The predicted molar refractivity (Wildman–Crippen MR) is 120 cm³/mol. The fourth-order valence-electron chi connectivity index (χ4n) is 2.53. The second-order valence-corrected chi connectivity index (χ2v) is 7.45. The Bertz CT molecular complexity index is 1080. The van der Waals surface area contributed by atoms with Crippen LogP contribution in [0.1, 0.15) is 33.2 Å². The summed E-state index contributed by atoms with van der Waals surface area (Å²) in [6, 6.07) is 21.0. The van der Waals surface area contributed by atoms with Crippen LogP contribution in [0.5, 0.6) is 0 Å². The van der Waals surface area contributed by atoms with Gasteiger partial charge in [0.1, 0.15) is 0 Å². The zero-order valence-corrected chi connectivity index (χ0v) is 17.8. The minimum atomic E-state index is -0.316. The maximum atomic E-state index is 12.4. The van der Waals surface area contributed by atoms with E-state index >= 15 is 0 Å². The topological polar surface area (TPSA) is 70.6 Å². The molecule has 0 saturated carbocycles. The third kappa shape index (κ3) is 5.53. The summed E-state index contributed by atoms with van der Waals surface area (Å²) in [5.41, 5.74) is 5.54. The van der Waals surface area contributed by atoms with Crippen molar-refractivity contribution in [1.29, 1.82) is 0 Å². The molecule has 146 valence electrons. The lowest BCUT2D eigenvalue weighted by Gasteiger charge is -2.08. The van der Waals surface area contributed by atoms with Crippen LogP contribution >= 0.6 is 27.5 Å². The highest BCUT2D eigenvalue weighted by molar-refractivity contribution is 9.10. The number of amides is 2. The van der Waals surface area contributed by atoms with Gasteiger partial charge in [0.15, 0.2) is 0 Å². The van der Waals surface area contributed by atoms with Gasteiger partial charge >= 0.3 is 0 Å². The van der Waals surface area contributed by atoms with Crippen LogP contribution in [0.25, 0.3) is 0 Å². The zero-order chi connectivity index (χ0) is 20.8. The van der Waals surface area contributed by atoms with E-state index in [1.54, 1.807) is 67.6 Å². The fraction of sp³-hybridized carbons (Fsp3) is 0.0455. The van der Waals surface area contributed by atoms with Gasteiger partial charge in [-0.05, 0) is 76.9 Å². The lowest BCUT2D eigenvalue weighted by atomic mass is 10.1. The number of nitrogens with one attached hydrogen (secondary N) is 2. The van der Waals surface area contributed by atoms with Crippen LogP contribution in [-0.2, 0) is 0 Å². The van der Waals surface area contributed by atoms with Crippen LogP contribution in [0.2, 0.25) is 5.02 Å². The number of carbonyl (C=O) groups is 2. The van der Waals surface area contributed by atoms with E-state index in [9.17, 15) is 9.59 Å². The summed E-state index contributed by atoms with van der Waals surface area (Å²) in [5.74, 6) is -0.556. The zero-order valence-electron chi connectivity index (χ0n) is 15.4. The predicted octanol–water partition coefficient (Wildman–Crippen LogP) is 5.51. The first-order chi connectivity index (χ1) is 13.9. The molecule has 0 radical (unpaired) electrons. The number of benzene rings is 3. The van der Waals surface area contributed by atoms with Gasteiger partial charge in [-0.3, -0.25) is 9.59 Å². The smallest absolute Gasteiger partial charge is 0.272 e. The van der Waals surface area contributed by atoms with Crippen molar-refractivity contribution in [2.45, 2.75) is 6.92 Å². The van der Waals surface area contributed by atoms with Gasteiger partial charge in [-0.25, -0.2) is 5.43 Å². The summed E-state index contributed by atoms with van der Waals surface area (Å²) in [4.78, 5) is 24.6. The van der Waals surface area contributed by atoms with Gasteiger partial charge in [0, 0.05) is 20.7 Å². The van der Waals surface area contributed by atoms with E-state index in [1.807, 2.05) is 12.1 Å². The van der Waals surface area contributed by atoms with Gasteiger partial charge in [0.05, 0.1) is 11.3 Å². The fourth-order valence-corrected chi connectivity index (χ4v) is 3.12. The highest BCUT2D eigenvalue weighted by Gasteiger charge is 2.10. The van der Waals surface area contributed by atoms with E-state index in [2.05, 4.69) is 31.8 Å². The Balaban J connectivity index is 1.70. The Morgan fingerprint density at radius 3 is 2.34 bits per heavy atom. The summed E-state index contributed by atoms with van der Waals surface area (Å²) in [5, 5.41) is 7.58. The van der Waals surface area contributed by atoms with Crippen molar-refractivity contribution in [3.05, 3.63) is 99.0 Å². The highest BCUT2D eigenvalue weighted by Crippen LogP contribution is 2.17. The van der Waals surface area contributed by atoms with Gasteiger partial charge in [0.2, 0.25) is 0 Å². The molecule has 0 fully saturated rings. The van der Waals surface area contributed by atoms with E-state index in [0.29, 0.717) is 32.0 Å². The van der Waals surface area contributed by atoms with Gasteiger partial charge in [-0.2, -0.15) is 5.10 Å². The van der Waals surface area contributed by atoms with Gasteiger partial charge < -0.3 is 5.32 Å². The maximum absolute atomic E-state index is 12.4. The first-order valence-electron chi connectivity index (χ1n) is 8.70. The summed E-state index contributed by atoms with van der Waals surface area (Å²) in [6.07, 6.45) is 0. The SMILES string of the molecule is C/C(=N/NC(=O)c1ccccc1Br)c1cccc(NC(=O)c2ccc(Cl)cc2)c1. The summed E-state index contributed by atoms with van der Waals surface area (Å²) >= 11 is 9.20. The normalized spacial score (nSPS) is 11.1. The van der Waals surface area contributed by atoms with E-state index in [0.717, 1.165) is 5.56 Å². The number of hydrogen-bond acceptors (Lipinski definition) is 3. The molecule has 29 heavy (non-hydrogen) atoms. The Morgan fingerprint density at radius 1 is 0.897 bits per heavy atom. The highest BCUT2D eigenvalue weighted by atomic mass is 79.9. The van der Waals surface area contributed by atoms with Crippen molar-refractivity contribution in [3.63, 3.8) is 0 Å². The lowest BCUT2D eigenvalue weighted by molar-refractivity contribution is 0.0953. The Morgan fingerprint density at radius 2 is 1.62 bits per heavy atom. The van der Waals surface area contributed by atoms with Crippen LogP contribution in [0.3, 0.4) is 0 Å². The molecule has 0 unspecified atom stereocenters. The number of halogens is 2. The molecule has 5 nitrogen and oxygen atoms in total. The molecule has 0 aromatic heterocycles. The maximum Gasteiger partial charge on any atom is 0.272 e. The number of hydrogen-bond donors (Lipinski definition) is 2. The molecule has 0 aliphatic heterocycles. The Labute approximate surface area is 181 Å². The van der Waals surface area contributed by atoms with Crippen LogP contribution in [-0.4, -0.2) is 17.5 Å². The molecule has 0 bridgehead atoms.